The summed E-state index contributed by atoms with van der Waals surface area (Å²) in [6.07, 6.45) is 7.52. The lowest BCUT2D eigenvalue weighted by atomic mass is 9.56. The van der Waals surface area contributed by atoms with Gasteiger partial charge in [0, 0.05) is 19.2 Å². The van der Waals surface area contributed by atoms with E-state index in [0.29, 0.717) is 23.2 Å². The van der Waals surface area contributed by atoms with Crippen LogP contribution in [0.1, 0.15) is 69.7 Å². The minimum absolute atomic E-state index is 0.0332. The number of aliphatic hydroxyl groups is 1. The van der Waals surface area contributed by atoms with Gasteiger partial charge in [0.2, 0.25) is 0 Å². The van der Waals surface area contributed by atoms with Crippen LogP contribution in [0.4, 0.5) is 4.39 Å². The van der Waals surface area contributed by atoms with E-state index >= 15 is 0 Å². The molecule has 2 aliphatic rings. The molecule has 1 amide bonds. The van der Waals surface area contributed by atoms with Crippen LogP contribution in [-0.2, 0) is 0 Å². The lowest BCUT2D eigenvalue weighted by molar-refractivity contribution is -0.0240. The van der Waals surface area contributed by atoms with Gasteiger partial charge < -0.3 is 20.1 Å². The Balaban J connectivity index is 1.32. The average Bonchev–Trinajstić information content (AvgIpc) is 2.68. The summed E-state index contributed by atoms with van der Waals surface area (Å²) in [5.41, 5.74) is 0.937. The lowest BCUT2D eigenvalue weighted by Crippen LogP contribution is -2.48. The first-order valence-electron chi connectivity index (χ1n) is 11.7. The first-order chi connectivity index (χ1) is 14.7. The number of hydrogen-bond acceptors (Lipinski definition) is 4. The first kappa shape index (κ1) is 24.0. The monoisotopic (exact) mass is 434 g/mol. The highest BCUT2D eigenvalue weighted by molar-refractivity contribution is 5.94. The van der Waals surface area contributed by atoms with E-state index in [-0.39, 0.29) is 18.7 Å². The fourth-order valence-electron chi connectivity index (χ4n) is 5.23. The van der Waals surface area contributed by atoms with Crippen molar-refractivity contribution in [3.05, 3.63) is 29.6 Å². The zero-order valence-electron chi connectivity index (χ0n) is 19.4. The number of aliphatic hydroxyl groups excluding tert-OH is 1. The van der Waals surface area contributed by atoms with E-state index in [9.17, 15) is 9.18 Å². The van der Waals surface area contributed by atoms with E-state index in [4.69, 9.17) is 9.84 Å². The number of nitrogens with zero attached hydrogens (tertiary/aromatic N) is 1. The number of nitrogens with one attached hydrogen (secondary N) is 1. The number of ether oxygens (including phenoxy) is 1. The van der Waals surface area contributed by atoms with Gasteiger partial charge in [-0.05, 0) is 80.5 Å². The van der Waals surface area contributed by atoms with Crippen LogP contribution in [0.25, 0.3) is 0 Å². The maximum atomic E-state index is 14.1. The molecule has 1 aliphatic carbocycles. The van der Waals surface area contributed by atoms with Crippen LogP contribution in [0.3, 0.4) is 0 Å². The molecule has 0 atom stereocenters. The van der Waals surface area contributed by atoms with Gasteiger partial charge in [-0.3, -0.25) is 4.79 Å². The number of piperidine rings is 1. The molecule has 1 saturated heterocycles. The number of rotatable bonds is 9. The van der Waals surface area contributed by atoms with Gasteiger partial charge in [-0.15, -0.1) is 0 Å². The second kappa shape index (κ2) is 10.3. The molecule has 2 fully saturated rings. The maximum Gasteiger partial charge on any atom is 0.254 e. The van der Waals surface area contributed by atoms with Crippen molar-refractivity contribution < 1.29 is 19.0 Å². The predicted octanol–water partition coefficient (Wildman–Crippen LogP) is 4.25. The summed E-state index contributed by atoms with van der Waals surface area (Å²) >= 11 is 0. The molecule has 3 rings (SSSR count). The number of hydrogen-bond donors (Lipinski definition) is 2. The summed E-state index contributed by atoms with van der Waals surface area (Å²) in [5.74, 6) is 0.118. The van der Waals surface area contributed by atoms with Crippen LogP contribution in [0.2, 0.25) is 0 Å². The molecular formula is C25H39FN2O3. The van der Waals surface area contributed by atoms with E-state index in [1.54, 1.807) is 6.07 Å². The van der Waals surface area contributed by atoms with Crippen LogP contribution in [-0.4, -0.2) is 55.3 Å². The average molecular weight is 435 g/mol. The SMILES string of the molecule is CC(C)(C)CN1CCC2(CC1)CC(CCCOc1ccc(C(=O)NCCO)c(F)c1)C2. The number of likely N-dealkylation sites (tertiary alicyclic amines) is 1. The van der Waals surface area contributed by atoms with Crippen molar-refractivity contribution in [1.29, 1.82) is 0 Å². The largest absolute Gasteiger partial charge is 0.493 e. The quantitative estimate of drug-likeness (QED) is 0.571. The molecule has 1 spiro atoms. The lowest BCUT2D eigenvalue weighted by Gasteiger charge is -2.53. The van der Waals surface area contributed by atoms with Gasteiger partial charge in [-0.1, -0.05) is 20.8 Å². The molecular weight excluding hydrogens is 395 g/mol. The third kappa shape index (κ3) is 6.91. The van der Waals surface area contributed by atoms with Crippen molar-refractivity contribution in [3.63, 3.8) is 0 Å². The van der Waals surface area contributed by atoms with Gasteiger partial charge in [0.25, 0.3) is 5.91 Å². The third-order valence-corrected chi connectivity index (χ3v) is 6.67. The van der Waals surface area contributed by atoms with Crippen LogP contribution < -0.4 is 10.1 Å². The smallest absolute Gasteiger partial charge is 0.254 e. The fourth-order valence-corrected chi connectivity index (χ4v) is 5.23. The van der Waals surface area contributed by atoms with Crippen LogP contribution >= 0.6 is 0 Å². The zero-order valence-corrected chi connectivity index (χ0v) is 19.4. The van der Waals surface area contributed by atoms with Gasteiger partial charge in [-0.2, -0.15) is 0 Å². The first-order valence-corrected chi connectivity index (χ1v) is 11.7. The second-order valence-corrected chi connectivity index (χ2v) is 10.7. The van der Waals surface area contributed by atoms with Crippen molar-refractivity contribution in [1.82, 2.24) is 10.2 Å². The van der Waals surface area contributed by atoms with Crippen molar-refractivity contribution in [2.45, 2.75) is 59.3 Å². The van der Waals surface area contributed by atoms with Gasteiger partial charge in [0.15, 0.2) is 0 Å². The molecule has 2 N–H and O–H groups in total. The van der Waals surface area contributed by atoms with Crippen LogP contribution in [0.5, 0.6) is 5.75 Å². The molecule has 0 unspecified atom stereocenters. The number of carbonyl (C=O) groups is 1. The minimum atomic E-state index is -0.605. The molecule has 174 valence electrons. The Morgan fingerprint density at radius 2 is 2.00 bits per heavy atom. The highest BCUT2D eigenvalue weighted by Gasteiger charge is 2.45. The predicted molar refractivity (Wildman–Crippen MR) is 121 cm³/mol. The highest BCUT2D eigenvalue weighted by Crippen LogP contribution is 2.54. The van der Waals surface area contributed by atoms with E-state index in [1.165, 1.54) is 57.5 Å². The Bertz CT molecular complexity index is 731. The Morgan fingerprint density at radius 3 is 2.61 bits per heavy atom. The summed E-state index contributed by atoms with van der Waals surface area (Å²) < 4.78 is 19.8. The Hall–Kier alpha value is -1.66. The molecule has 0 radical (unpaired) electrons. The van der Waals surface area contributed by atoms with E-state index in [0.717, 1.165) is 18.8 Å². The fraction of sp³-hybridized carbons (Fsp3) is 0.720. The van der Waals surface area contributed by atoms with Gasteiger partial charge in [0.05, 0.1) is 18.8 Å². The van der Waals surface area contributed by atoms with Crippen molar-refractivity contribution in [2.75, 3.05) is 39.4 Å². The summed E-state index contributed by atoms with van der Waals surface area (Å²) in [6.45, 7) is 11.1. The van der Waals surface area contributed by atoms with Crippen LogP contribution in [0.15, 0.2) is 18.2 Å². The van der Waals surface area contributed by atoms with E-state index in [2.05, 4.69) is 31.0 Å². The maximum absolute atomic E-state index is 14.1. The number of carbonyl (C=O) groups excluding carboxylic acids is 1. The highest BCUT2D eigenvalue weighted by atomic mass is 19.1. The summed E-state index contributed by atoms with van der Waals surface area (Å²) in [6, 6.07) is 4.32. The molecule has 1 saturated carbocycles. The topological polar surface area (TPSA) is 61.8 Å². The Labute approximate surface area is 186 Å². The molecule has 0 bridgehead atoms. The van der Waals surface area contributed by atoms with Gasteiger partial charge >= 0.3 is 0 Å². The molecule has 0 aromatic heterocycles. The molecule has 1 aromatic rings. The van der Waals surface area contributed by atoms with Crippen molar-refractivity contribution in [3.8, 4) is 5.75 Å². The minimum Gasteiger partial charge on any atom is -0.493 e. The van der Waals surface area contributed by atoms with Crippen LogP contribution in [0, 0.1) is 22.6 Å². The van der Waals surface area contributed by atoms with E-state index in [1.807, 2.05) is 0 Å². The summed E-state index contributed by atoms with van der Waals surface area (Å²) in [7, 11) is 0. The molecule has 5 nitrogen and oxygen atoms in total. The Kier molecular flexibility index (Phi) is 7.98. The molecule has 1 aromatic carbocycles. The van der Waals surface area contributed by atoms with Crippen molar-refractivity contribution in [2.24, 2.45) is 16.7 Å². The standard InChI is InChI=1S/C25H39FN2O3/c1-24(2,3)18-28-11-8-25(9-12-28)16-19(17-25)5-4-14-31-20-6-7-21(22(26)15-20)23(30)27-10-13-29/h6-7,15,19,29H,4-5,8-14,16-18H2,1-3H3,(H,27,30). The third-order valence-electron chi connectivity index (χ3n) is 6.67. The summed E-state index contributed by atoms with van der Waals surface area (Å²) in [4.78, 5) is 14.4. The second-order valence-electron chi connectivity index (χ2n) is 10.7. The zero-order chi connectivity index (χ0) is 22.5. The van der Waals surface area contributed by atoms with E-state index < -0.39 is 11.7 Å². The molecule has 1 aliphatic heterocycles. The number of benzene rings is 1. The normalized spacial score (nSPS) is 19.3. The molecule has 31 heavy (non-hydrogen) atoms. The number of halogens is 1. The molecule has 6 heteroatoms. The number of amides is 1. The van der Waals surface area contributed by atoms with Crippen molar-refractivity contribution >= 4 is 5.91 Å². The Morgan fingerprint density at radius 1 is 1.29 bits per heavy atom. The van der Waals surface area contributed by atoms with Gasteiger partial charge in [0.1, 0.15) is 11.6 Å². The summed E-state index contributed by atoms with van der Waals surface area (Å²) in [5, 5.41) is 11.2. The van der Waals surface area contributed by atoms with Gasteiger partial charge in [-0.25, -0.2) is 4.39 Å². The molecule has 1 heterocycles.